The molecule has 7 nitrogen and oxygen atoms in total. The molecule has 1 saturated heterocycles. The van der Waals surface area contributed by atoms with Crippen molar-refractivity contribution in [3.8, 4) is 0 Å². The second-order valence-electron chi connectivity index (χ2n) is 6.73. The van der Waals surface area contributed by atoms with Crippen molar-refractivity contribution in [2.75, 3.05) is 19.7 Å². The van der Waals surface area contributed by atoms with Crippen molar-refractivity contribution in [1.82, 2.24) is 25.4 Å². The smallest absolute Gasteiger partial charge is 0.242 e. The van der Waals surface area contributed by atoms with Crippen molar-refractivity contribution in [3.05, 3.63) is 47.5 Å². The molecular weight excluding hydrogens is 318 g/mol. The van der Waals surface area contributed by atoms with Gasteiger partial charge in [0.1, 0.15) is 18.0 Å². The number of amides is 1. The van der Waals surface area contributed by atoms with E-state index in [0.29, 0.717) is 31.6 Å². The van der Waals surface area contributed by atoms with Gasteiger partial charge in [-0.15, -0.1) is 0 Å². The molecule has 7 heteroatoms. The largest absolute Gasteiger partial charge is 0.367 e. The van der Waals surface area contributed by atoms with Gasteiger partial charge in [0.05, 0.1) is 6.61 Å². The number of benzene rings is 1. The van der Waals surface area contributed by atoms with Gasteiger partial charge < -0.3 is 10.1 Å². The highest BCUT2D eigenvalue weighted by Crippen LogP contribution is 2.29. The summed E-state index contributed by atoms with van der Waals surface area (Å²) in [6.07, 6.45) is 1.93. The number of H-pyrrole nitrogens is 1. The molecule has 25 heavy (non-hydrogen) atoms. The summed E-state index contributed by atoms with van der Waals surface area (Å²) in [6, 6.07) is 9.97. The third-order valence-corrected chi connectivity index (χ3v) is 4.65. The zero-order chi connectivity index (χ0) is 17.2. The number of hydrogen-bond acceptors (Lipinski definition) is 5. The van der Waals surface area contributed by atoms with Gasteiger partial charge in [-0.05, 0) is 25.3 Å². The van der Waals surface area contributed by atoms with Gasteiger partial charge in [-0.2, -0.15) is 5.10 Å². The highest BCUT2D eigenvalue weighted by atomic mass is 16.5. The number of aromatic nitrogens is 3. The summed E-state index contributed by atoms with van der Waals surface area (Å²) in [5.74, 6) is 1.49. The zero-order valence-corrected chi connectivity index (χ0v) is 14.3. The normalized spacial score (nSPS) is 22.5. The van der Waals surface area contributed by atoms with Crippen LogP contribution in [0.5, 0.6) is 0 Å². The van der Waals surface area contributed by atoms with Gasteiger partial charge in [0, 0.05) is 19.1 Å². The first-order valence-corrected chi connectivity index (χ1v) is 8.80. The molecule has 1 aliphatic carbocycles. The summed E-state index contributed by atoms with van der Waals surface area (Å²) in [5, 5.41) is 10.2. The average Bonchev–Trinajstić information content (AvgIpc) is 3.33. The Morgan fingerprint density at radius 3 is 2.84 bits per heavy atom. The Morgan fingerprint density at radius 1 is 1.36 bits per heavy atom. The van der Waals surface area contributed by atoms with Crippen LogP contribution in [-0.2, 0) is 9.53 Å². The van der Waals surface area contributed by atoms with Crippen molar-refractivity contribution in [2.24, 2.45) is 0 Å². The maximum atomic E-state index is 12.9. The number of hydrogen-bond donors (Lipinski definition) is 2. The van der Waals surface area contributed by atoms with Crippen LogP contribution in [0, 0.1) is 6.92 Å². The third-order valence-electron chi connectivity index (χ3n) is 4.65. The number of carbonyl (C=O) groups is 1. The molecule has 2 fully saturated rings. The molecule has 1 aromatic heterocycles. The van der Waals surface area contributed by atoms with E-state index in [1.165, 1.54) is 0 Å². The minimum atomic E-state index is -0.312. The van der Waals surface area contributed by atoms with Gasteiger partial charge >= 0.3 is 0 Å². The van der Waals surface area contributed by atoms with Crippen LogP contribution in [0.15, 0.2) is 30.3 Å². The molecule has 2 heterocycles. The quantitative estimate of drug-likeness (QED) is 0.861. The van der Waals surface area contributed by atoms with Crippen LogP contribution in [0.25, 0.3) is 0 Å². The van der Waals surface area contributed by atoms with Crippen LogP contribution in [0.3, 0.4) is 0 Å². The molecule has 2 aliphatic rings. The summed E-state index contributed by atoms with van der Waals surface area (Å²) in [4.78, 5) is 19.5. The molecule has 0 unspecified atom stereocenters. The Labute approximate surface area is 146 Å². The zero-order valence-electron chi connectivity index (χ0n) is 14.3. The summed E-state index contributed by atoms with van der Waals surface area (Å²) in [5.41, 5.74) is 1.01. The van der Waals surface area contributed by atoms with E-state index in [-0.39, 0.29) is 18.1 Å². The number of carbonyl (C=O) groups excluding carboxylic acids is 1. The molecule has 0 bridgehead atoms. The number of nitrogens with one attached hydrogen (secondary N) is 2. The van der Waals surface area contributed by atoms with E-state index in [2.05, 4.69) is 25.4 Å². The van der Waals surface area contributed by atoms with E-state index in [1.807, 2.05) is 37.3 Å². The predicted molar refractivity (Wildman–Crippen MR) is 91.7 cm³/mol. The summed E-state index contributed by atoms with van der Waals surface area (Å²) in [7, 11) is 0. The minimum absolute atomic E-state index is 0.0699. The number of aryl methyl sites for hydroxylation is 1. The molecular formula is C18H23N5O2. The molecule has 0 radical (unpaired) electrons. The Balaban J connectivity index is 1.56. The Morgan fingerprint density at radius 2 is 2.16 bits per heavy atom. The summed E-state index contributed by atoms with van der Waals surface area (Å²) >= 11 is 0. The van der Waals surface area contributed by atoms with Crippen LogP contribution < -0.4 is 5.32 Å². The molecule has 2 atom stereocenters. The minimum Gasteiger partial charge on any atom is -0.367 e. The maximum absolute atomic E-state index is 12.9. The van der Waals surface area contributed by atoms with Crippen LogP contribution in [0.2, 0.25) is 0 Å². The van der Waals surface area contributed by atoms with Crippen LogP contribution in [0.1, 0.15) is 42.2 Å². The standard InChI is InChI=1S/C18H23N5O2/c1-12-19-17(22-21-12)15-11-23(9-10-25-15)16(13-5-3-2-4-6-13)18(24)20-14-7-8-14/h2-6,14-16H,7-11H2,1H3,(H,20,24)(H,19,21,22)/t15-,16+/m1/s1. The molecule has 1 saturated carbocycles. The fourth-order valence-electron chi connectivity index (χ4n) is 3.24. The Hall–Kier alpha value is -2.25. The lowest BCUT2D eigenvalue weighted by Gasteiger charge is -2.36. The van der Waals surface area contributed by atoms with Gasteiger partial charge in [0.25, 0.3) is 0 Å². The average molecular weight is 341 g/mol. The van der Waals surface area contributed by atoms with Gasteiger partial charge in [-0.1, -0.05) is 30.3 Å². The first kappa shape index (κ1) is 16.2. The fraction of sp³-hybridized carbons (Fsp3) is 0.500. The molecule has 2 aromatic rings. The molecule has 0 spiro atoms. The predicted octanol–water partition coefficient (Wildman–Crippen LogP) is 1.51. The van der Waals surface area contributed by atoms with Crippen LogP contribution >= 0.6 is 0 Å². The fourth-order valence-corrected chi connectivity index (χ4v) is 3.24. The number of morpholine rings is 1. The van der Waals surface area contributed by atoms with Gasteiger partial charge in [-0.25, -0.2) is 4.98 Å². The number of aromatic amines is 1. The number of nitrogens with zero attached hydrogens (tertiary/aromatic N) is 3. The highest BCUT2D eigenvalue weighted by Gasteiger charge is 2.36. The molecule has 2 N–H and O–H groups in total. The van der Waals surface area contributed by atoms with Crippen molar-refractivity contribution in [2.45, 2.75) is 38.0 Å². The van der Waals surface area contributed by atoms with Gasteiger partial charge in [0.2, 0.25) is 5.91 Å². The van der Waals surface area contributed by atoms with Crippen molar-refractivity contribution >= 4 is 5.91 Å². The second-order valence-corrected chi connectivity index (χ2v) is 6.73. The lowest BCUT2D eigenvalue weighted by molar-refractivity contribution is -0.130. The van der Waals surface area contributed by atoms with E-state index in [0.717, 1.165) is 24.2 Å². The lowest BCUT2D eigenvalue weighted by Crippen LogP contribution is -2.47. The van der Waals surface area contributed by atoms with Crippen molar-refractivity contribution in [3.63, 3.8) is 0 Å². The third kappa shape index (κ3) is 3.72. The SMILES string of the molecule is Cc1nc([C@H]2CN([C@H](C(=O)NC3CC3)c3ccccc3)CCO2)n[nH]1. The molecule has 1 aliphatic heterocycles. The topological polar surface area (TPSA) is 83.1 Å². The van der Waals surface area contributed by atoms with Gasteiger partial charge in [-0.3, -0.25) is 14.8 Å². The lowest BCUT2D eigenvalue weighted by atomic mass is 10.0. The molecule has 1 aromatic carbocycles. The molecule has 132 valence electrons. The second kappa shape index (κ2) is 6.93. The number of ether oxygens (including phenoxy) is 1. The van der Waals surface area contributed by atoms with Crippen LogP contribution in [-0.4, -0.2) is 51.7 Å². The Bertz CT molecular complexity index is 728. The van der Waals surface area contributed by atoms with E-state index < -0.39 is 0 Å². The maximum Gasteiger partial charge on any atom is 0.242 e. The summed E-state index contributed by atoms with van der Waals surface area (Å²) < 4.78 is 5.85. The first-order valence-electron chi connectivity index (χ1n) is 8.80. The van der Waals surface area contributed by atoms with Crippen molar-refractivity contribution < 1.29 is 9.53 Å². The van der Waals surface area contributed by atoms with Crippen LogP contribution in [0.4, 0.5) is 0 Å². The van der Waals surface area contributed by atoms with E-state index in [1.54, 1.807) is 0 Å². The van der Waals surface area contributed by atoms with E-state index >= 15 is 0 Å². The Kier molecular flexibility index (Phi) is 4.50. The van der Waals surface area contributed by atoms with E-state index in [9.17, 15) is 4.79 Å². The summed E-state index contributed by atoms with van der Waals surface area (Å²) in [6.45, 7) is 3.72. The molecule has 1 amide bonds. The first-order chi connectivity index (χ1) is 12.2. The van der Waals surface area contributed by atoms with Crippen molar-refractivity contribution in [1.29, 1.82) is 0 Å². The highest BCUT2D eigenvalue weighted by molar-refractivity contribution is 5.83. The number of rotatable bonds is 5. The van der Waals surface area contributed by atoms with Gasteiger partial charge in [0.15, 0.2) is 5.82 Å². The van der Waals surface area contributed by atoms with E-state index in [4.69, 9.17) is 4.74 Å². The monoisotopic (exact) mass is 341 g/mol. The molecule has 4 rings (SSSR count).